The molecular weight excluding hydrogens is 329 g/mol. The second-order valence-electron chi connectivity index (χ2n) is 6.93. The van der Waals surface area contributed by atoms with Crippen LogP contribution in [0.3, 0.4) is 0 Å². The van der Waals surface area contributed by atoms with Gasteiger partial charge in [0.05, 0.1) is 35.2 Å². The highest BCUT2D eigenvalue weighted by atomic mass is 19.1. The highest BCUT2D eigenvalue weighted by Crippen LogP contribution is 2.24. The van der Waals surface area contributed by atoms with Gasteiger partial charge in [-0.25, -0.2) is 9.37 Å². The molecule has 6 heteroatoms. The van der Waals surface area contributed by atoms with Crippen molar-refractivity contribution >= 4 is 23.2 Å². The van der Waals surface area contributed by atoms with Gasteiger partial charge in [-0.15, -0.1) is 0 Å². The van der Waals surface area contributed by atoms with Crippen LogP contribution in [0.25, 0.3) is 23.2 Å². The van der Waals surface area contributed by atoms with Crippen LogP contribution in [0, 0.1) is 12.7 Å². The zero-order valence-corrected chi connectivity index (χ0v) is 15.1. The van der Waals surface area contributed by atoms with Crippen molar-refractivity contribution in [2.24, 2.45) is 0 Å². The molecule has 3 aromatic rings. The van der Waals surface area contributed by atoms with Crippen LogP contribution < -0.4 is 0 Å². The van der Waals surface area contributed by atoms with Gasteiger partial charge in [-0.3, -0.25) is 9.67 Å². The lowest BCUT2D eigenvalue weighted by molar-refractivity contribution is 0.210. The van der Waals surface area contributed by atoms with Crippen molar-refractivity contribution in [3.63, 3.8) is 0 Å². The molecule has 0 radical (unpaired) electrons. The summed E-state index contributed by atoms with van der Waals surface area (Å²) in [5, 5.41) is 4.61. The number of piperidine rings is 1. The summed E-state index contributed by atoms with van der Waals surface area (Å²) in [5.41, 5.74) is 4.26. The Hall–Kier alpha value is -2.60. The van der Waals surface area contributed by atoms with Crippen LogP contribution in [-0.2, 0) is 0 Å². The zero-order valence-electron chi connectivity index (χ0n) is 15.1. The van der Waals surface area contributed by atoms with Gasteiger partial charge in [-0.05, 0) is 64.2 Å². The van der Waals surface area contributed by atoms with E-state index in [9.17, 15) is 4.39 Å². The molecule has 1 aromatic carbocycles. The maximum absolute atomic E-state index is 13.2. The molecule has 0 N–H and O–H groups in total. The number of fused-ring (bicyclic) bond motifs is 1. The molecule has 0 spiro atoms. The molecule has 1 aliphatic heterocycles. The zero-order chi connectivity index (χ0) is 18.1. The van der Waals surface area contributed by atoms with Crippen molar-refractivity contribution in [3.8, 4) is 0 Å². The number of benzene rings is 1. The molecule has 5 nitrogen and oxygen atoms in total. The van der Waals surface area contributed by atoms with Gasteiger partial charge in [0.25, 0.3) is 0 Å². The number of hydrogen-bond acceptors (Lipinski definition) is 4. The van der Waals surface area contributed by atoms with E-state index in [0.717, 1.165) is 37.2 Å². The molecule has 0 saturated carbocycles. The van der Waals surface area contributed by atoms with Gasteiger partial charge >= 0.3 is 0 Å². The molecule has 134 valence electrons. The van der Waals surface area contributed by atoms with Crippen molar-refractivity contribution < 1.29 is 4.39 Å². The predicted molar refractivity (Wildman–Crippen MR) is 101 cm³/mol. The van der Waals surface area contributed by atoms with E-state index in [0.29, 0.717) is 17.1 Å². The van der Waals surface area contributed by atoms with Gasteiger partial charge in [-0.2, -0.15) is 5.10 Å². The number of aromatic nitrogens is 4. The molecule has 1 saturated heterocycles. The van der Waals surface area contributed by atoms with Gasteiger partial charge in [0.15, 0.2) is 0 Å². The smallest absolute Gasteiger partial charge is 0.125 e. The van der Waals surface area contributed by atoms with E-state index in [1.807, 2.05) is 18.3 Å². The number of likely N-dealkylation sites (tertiary alicyclic amines) is 1. The fraction of sp³-hybridized carbons (Fsp3) is 0.350. The topological polar surface area (TPSA) is 46.8 Å². The first-order valence-electron chi connectivity index (χ1n) is 8.93. The van der Waals surface area contributed by atoms with Crippen molar-refractivity contribution in [3.05, 3.63) is 53.4 Å². The summed E-state index contributed by atoms with van der Waals surface area (Å²) in [4.78, 5) is 11.2. The molecule has 0 atom stereocenters. The summed E-state index contributed by atoms with van der Waals surface area (Å²) in [7, 11) is 2.17. The number of hydrogen-bond donors (Lipinski definition) is 0. The first-order valence-corrected chi connectivity index (χ1v) is 8.93. The first kappa shape index (κ1) is 16.8. The van der Waals surface area contributed by atoms with Gasteiger partial charge in [0.2, 0.25) is 0 Å². The highest BCUT2D eigenvalue weighted by molar-refractivity contribution is 5.77. The van der Waals surface area contributed by atoms with Crippen LogP contribution in [0.1, 0.15) is 35.8 Å². The Labute approximate surface area is 152 Å². The van der Waals surface area contributed by atoms with Gasteiger partial charge in [0, 0.05) is 17.3 Å². The van der Waals surface area contributed by atoms with Crippen LogP contribution in [0.15, 0.2) is 30.6 Å². The molecule has 1 aliphatic rings. The lowest BCUT2D eigenvalue weighted by atomic mass is 10.1. The fourth-order valence-corrected chi connectivity index (χ4v) is 3.46. The second kappa shape index (κ2) is 6.96. The molecule has 3 heterocycles. The molecule has 0 bridgehead atoms. The molecule has 0 aliphatic carbocycles. The minimum absolute atomic E-state index is 0.299. The van der Waals surface area contributed by atoms with Crippen molar-refractivity contribution in [2.75, 3.05) is 20.1 Å². The third-order valence-corrected chi connectivity index (χ3v) is 5.07. The fourth-order valence-electron chi connectivity index (χ4n) is 3.46. The van der Waals surface area contributed by atoms with E-state index in [1.54, 1.807) is 12.3 Å². The summed E-state index contributed by atoms with van der Waals surface area (Å²) in [6.07, 6.45) is 9.79. The van der Waals surface area contributed by atoms with E-state index >= 15 is 0 Å². The Morgan fingerprint density at radius 3 is 2.73 bits per heavy atom. The largest absolute Gasteiger partial charge is 0.306 e. The third kappa shape index (κ3) is 3.37. The normalized spacial score (nSPS) is 16.7. The van der Waals surface area contributed by atoms with Crippen LogP contribution in [0.2, 0.25) is 0 Å². The highest BCUT2D eigenvalue weighted by Gasteiger charge is 2.20. The summed E-state index contributed by atoms with van der Waals surface area (Å²) < 4.78 is 15.4. The Bertz CT molecular complexity index is 954. The molecule has 2 aromatic heterocycles. The van der Waals surface area contributed by atoms with E-state index < -0.39 is 0 Å². The molecule has 0 unspecified atom stereocenters. The molecule has 1 fully saturated rings. The minimum atomic E-state index is -0.299. The van der Waals surface area contributed by atoms with Crippen molar-refractivity contribution in [1.82, 2.24) is 24.6 Å². The lowest BCUT2D eigenvalue weighted by Crippen LogP contribution is -2.32. The van der Waals surface area contributed by atoms with Gasteiger partial charge in [0.1, 0.15) is 5.82 Å². The Morgan fingerprint density at radius 1 is 1.12 bits per heavy atom. The summed E-state index contributed by atoms with van der Waals surface area (Å²) in [6, 6.07) is 4.92. The number of rotatable bonds is 3. The summed E-state index contributed by atoms with van der Waals surface area (Å²) in [6.45, 7) is 4.34. The quantitative estimate of drug-likeness (QED) is 0.722. The maximum atomic E-state index is 13.2. The van der Waals surface area contributed by atoms with E-state index in [4.69, 9.17) is 0 Å². The average Bonchev–Trinajstić information content (AvgIpc) is 3.01. The SMILES string of the molecule is Cc1c(/C=C/c2cnc3cc(F)ccc3n2)cnn1C1CCN(C)CC1. The summed E-state index contributed by atoms with van der Waals surface area (Å²) in [5.74, 6) is -0.299. The van der Waals surface area contributed by atoms with E-state index in [2.05, 4.69) is 38.6 Å². The molecule has 26 heavy (non-hydrogen) atoms. The second-order valence-corrected chi connectivity index (χ2v) is 6.93. The summed E-state index contributed by atoms with van der Waals surface area (Å²) >= 11 is 0. The van der Waals surface area contributed by atoms with Crippen LogP contribution in [-0.4, -0.2) is 44.8 Å². The van der Waals surface area contributed by atoms with Crippen LogP contribution >= 0.6 is 0 Å². The maximum Gasteiger partial charge on any atom is 0.125 e. The predicted octanol–water partition coefficient (Wildman–Crippen LogP) is 3.71. The van der Waals surface area contributed by atoms with Crippen molar-refractivity contribution in [1.29, 1.82) is 0 Å². The Balaban J connectivity index is 1.54. The molecular formula is C20H22FN5. The number of nitrogens with zero attached hydrogens (tertiary/aromatic N) is 5. The first-order chi connectivity index (χ1) is 12.6. The van der Waals surface area contributed by atoms with Crippen LogP contribution in [0.4, 0.5) is 4.39 Å². The lowest BCUT2D eigenvalue weighted by Gasteiger charge is -2.29. The Kier molecular flexibility index (Phi) is 4.51. The van der Waals surface area contributed by atoms with Crippen LogP contribution in [0.5, 0.6) is 0 Å². The minimum Gasteiger partial charge on any atom is -0.306 e. The van der Waals surface area contributed by atoms with E-state index in [-0.39, 0.29) is 5.82 Å². The van der Waals surface area contributed by atoms with E-state index in [1.165, 1.54) is 17.8 Å². The molecule has 0 amide bonds. The van der Waals surface area contributed by atoms with Crippen molar-refractivity contribution in [2.45, 2.75) is 25.8 Å². The number of halogens is 1. The molecule has 4 rings (SSSR count). The standard InChI is InChI=1S/C20H22FN5/c1-14-15(12-23-26(14)18-7-9-25(2)10-8-18)3-5-17-13-22-20-11-16(21)4-6-19(20)24-17/h3-6,11-13,18H,7-10H2,1-2H3/b5-3+. The van der Waals surface area contributed by atoms with Gasteiger partial charge < -0.3 is 4.90 Å². The monoisotopic (exact) mass is 351 g/mol. The third-order valence-electron chi connectivity index (χ3n) is 5.07. The van der Waals surface area contributed by atoms with Gasteiger partial charge in [-0.1, -0.05) is 0 Å². The Morgan fingerprint density at radius 2 is 1.92 bits per heavy atom. The average molecular weight is 351 g/mol.